The van der Waals surface area contributed by atoms with Gasteiger partial charge in [-0.3, -0.25) is 4.79 Å². The van der Waals surface area contributed by atoms with Crippen LogP contribution in [0.15, 0.2) is 0 Å². The molecule has 1 N–H and O–H groups in total. The number of carboxylic acid groups (broad SMARTS) is 1. The number of fused-ring (bicyclic) bond motifs is 5. The highest BCUT2D eigenvalue weighted by Gasteiger charge is 2.60. The highest BCUT2D eigenvalue weighted by Crippen LogP contribution is 2.65. The van der Waals surface area contributed by atoms with E-state index in [1.807, 2.05) is 13.8 Å². The van der Waals surface area contributed by atoms with E-state index >= 15 is 0 Å². The first-order valence-corrected chi connectivity index (χ1v) is 11.8. The van der Waals surface area contributed by atoms with Gasteiger partial charge in [0, 0.05) is 6.42 Å². The summed E-state index contributed by atoms with van der Waals surface area (Å²) in [5, 5.41) is 8.94. The van der Waals surface area contributed by atoms with Gasteiger partial charge in [-0.2, -0.15) is 0 Å². The van der Waals surface area contributed by atoms with E-state index < -0.39 is 5.97 Å². The quantitative estimate of drug-likeness (QED) is 0.624. The normalized spacial score (nSPS) is 45.7. The fourth-order valence-corrected chi connectivity index (χ4v) is 7.62. The molecule has 0 spiro atoms. The fourth-order valence-electron chi connectivity index (χ4n) is 7.62. The van der Waals surface area contributed by atoms with Crippen LogP contribution in [0.3, 0.4) is 0 Å². The Morgan fingerprint density at radius 2 is 1.78 bits per heavy atom. The highest BCUT2D eigenvalue weighted by atomic mass is 16.5. The first kappa shape index (κ1) is 21.1. The topological polar surface area (TPSA) is 46.5 Å². The third-order valence-corrected chi connectivity index (χ3v) is 9.09. The van der Waals surface area contributed by atoms with Crippen molar-refractivity contribution in [3.63, 3.8) is 0 Å². The molecule has 4 aliphatic rings. The Morgan fingerprint density at radius 1 is 1.00 bits per heavy atom. The lowest BCUT2D eigenvalue weighted by Crippen LogP contribution is -2.53. The van der Waals surface area contributed by atoms with Crippen molar-refractivity contribution in [1.29, 1.82) is 0 Å². The minimum Gasteiger partial charge on any atom is -0.481 e. The van der Waals surface area contributed by atoms with Gasteiger partial charge in [-0.1, -0.05) is 40.5 Å². The van der Waals surface area contributed by atoms with Gasteiger partial charge in [0.1, 0.15) is 0 Å². The first-order valence-electron chi connectivity index (χ1n) is 11.8. The Bertz CT molecular complexity index is 518. The Hall–Kier alpha value is -0.570. The van der Waals surface area contributed by atoms with E-state index in [-0.39, 0.29) is 17.9 Å². The second kappa shape index (κ2) is 8.43. The van der Waals surface area contributed by atoms with Crippen LogP contribution >= 0.6 is 0 Å². The van der Waals surface area contributed by atoms with E-state index in [0.29, 0.717) is 11.3 Å². The lowest BCUT2D eigenvalue weighted by molar-refractivity contribution is -0.137. The summed E-state index contributed by atoms with van der Waals surface area (Å²) in [4.78, 5) is 10.9. The molecule has 0 aromatic carbocycles. The van der Waals surface area contributed by atoms with Crippen molar-refractivity contribution < 1.29 is 14.6 Å². The summed E-state index contributed by atoms with van der Waals surface area (Å²) >= 11 is 0. The van der Waals surface area contributed by atoms with E-state index in [9.17, 15) is 4.79 Å². The molecule has 0 bridgehead atoms. The fraction of sp³-hybridized carbons (Fsp3) is 0.958. The van der Waals surface area contributed by atoms with Crippen LogP contribution in [0.1, 0.15) is 98.3 Å². The van der Waals surface area contributed by atoms with Crippen LogP contribution < -0.4 is 0 Å². The molecule has 7 atom stereocenters. The summed E-state index contributed by atoms with van der Waals surface area (Å²) in [5.74, 6) is 2.77. The summed E-state index contributed by atoms with van der Waals surface area (Å²) in [5.41, 5.74) is 0.876. The largest absolute Gasteiger partial charge is 0.481 e. The Labute approximate surface area is 166 Å². The number of carbonyl (C=O) groups is 1. The molecular weight excluding hydrogens is 336 g/mol. The van der Waals surface area contributed by atoms with Gasteiger partial charge in [0.15, 0.2) is 0 Å². The zero-order valence-electron chi connectivity index (χ0n) is 18.1. The smallest absolute Gasteiger partial charge is 0.303 e. The first-order chi connectivity index (χ1) is 12.9. The SMILES string of the molecule is CC.CC12CCCCC1CCC1C2CCC2(C)C(CCCC(=O)O)OCC12. The highest BCUT2D eigenvalue weighted by molar-refractivity contribution is 5.66. The van der Waals surface area contributed by atoms with E-state index in [1.165, 1.54) is 51.4 Å². The second-order valence-corrected chi connectivity index (χ2v) is 10.1. The molecule has 1 saturated heterocycles. The van der Waals surface area contributed by atoms with E-state index in [2.05, 4.69) is 13.8 Å². The molecule has 4 fully saturated rings. The van der Waals surface area contributed by atoms with Gasteiger partial charge in [0.25, 0.3) is 0 Å². The van der Waals surface area contributed by atoms with Crippen LogP contribution in [0.4, 0.5) is 0 Å². The average molecular weight is 379 g/mol. The molecule has 0 aromatic heterocycles. The lowest BCUT2D eigenvalue weighted by Gasteiger charge is -2.60. The van der Waals surface area contributed by atoms with Gasteiger partial charge in [-0.25, -0.2) is 0 Å². The molecular formula is C24H42O3. The zero-order chi connectivity index (χ0) is 19.7. The maximum absolute atomic E-state index is 10.9. The molecule has 4 rings (SSSR count). The predicted molar refractivity (Wildman–Crippen MR) is 110 cm³/mol. The monoisotopic (exact) mass is 378 g/mol. The van der Waals surface area contributed by atoms with Crippen molar-refractivity contribution in [2.45, 2.75) is 104 Å². The van der Waals surface area contributed by atoms with Gasteiger partial charge in [0.05, 0.1) is 12.7 Å². The van der Waals surface area contributed by atoms with E-state index in [4.69, 9.17) is 9.84 Å². The lowest BCUT2D eigenvalue weighted by atomic mass is 9.45. The van der Waals surface area contributed by atoms with Gasteiger partial charge in [0.2, 0.25) is 0 Å². The summed E-state index contributed by atoms with van der Waals surface area (Å²) in [6.45, 7) is 10.0. The standard InChI is InChI=1S/C22H36O3.C2H6/c1-21-12-4-3-6-15(21)9-10-16-17(21)11-13-22(2)18(16)14-25-19(22)7-5-8-20(23)24;1-2/h15-19H,3-14H2,1-2H3,(H,23,24);1-2H3. The van der Waals surface area contributed by atoms with Crippen molar-refractivity contribution in [1.82, 2.24) is 0 Å². The van der Waals surface area contributed by atoms with Crippen LogP contribution in [0.2, 0.25) is 0 Å². The van der Waals surface area contributed by atoms with Crippen molar-refractivity contribution in [2.75, 3.05) is 6.61 Å². The Morgan fingerprint density at radius 3 is 2.52 bits per heavy atom. The number of carboxylic acids is 1. The Kier molecular flexibility index (Phi) is 6.60. The molecule has 0 amide bonds. The third-order valence-electron chi connectivity index (χ3n) is 9.09. The van der Waals surface area contributed by atoms with Gasteiger partial charge >= 0.3 is 5.97 Å². The molecule has 1 aliphatic heterocycles. The van der Waals surface area contributed by atoms with E-state index in [1.54, 1.807) is 0 Å². The van der Waals surface area contributed by atoms with Crippen LogP contribution in [-0.4, -0.2) is 23.8 Å². The second-order valence-electron chi connectivity index (χ2n) is 10.1. The minimum absolute atomic E-state index is 0.284. The number of rotatable bonds is 4. The summed E-state index contributed by atoms with van der Waals surface area (Å²) < 4.78 is 6.31. The zero-order valence-corrected chi connectivity index (χ0v) is 18.1. The van der Waals surface area contributed by atoms with Crippen LogP contribution in [-0.2, 0) is 9.53 Å². The molecule has 156 valence electrons. The maximum Gasteiger partial charge on any atom is 0.303 e. The molecule has 7 unspecified atom stereocenters. The average Bonchev–Trinajstić information content (AvgIpc) is 2.99. The molecule has 1 heterocycles. The van der Waals surface area contributed by atoms with Crippen LogP contribution in [0, 0.1) is 34.5 Å². The molecule has 3 saturated carbocycles. The summed E-state index contributed by atoms with van der Waals surface area (Å²) in [7, 11) is 0. The molecule has 3 heteroatoms. The van der Waals surface area contributed by atoms with Gasteiger partial charge in [-0.15, -0.1) is 0 Å². The Balaban J connectivity index is 0.00000102. The van der Waals surface area contributed by atoms with Crippen molar-refractivity contribution in [2.24, 2.45) is 34.5 Å². The predicted octanol–water partition coefficient (Wildman–Crippen LogP) is 6.31. The maximum atomic E-state index is 10.9. The van der Waals surface area contributed by atoms with E-state index in [0.717, 1.165) is 37.2 Å². The van der Waals surface area contributed by atoms with Crippen molar-refractivity contribution >= 4 is 5.97 Å². The molecule has 27 heavy (non-hydrogen) atoms. The summed E-state index contributed by atoms with van der Waals surface area (Å²) in [6, 6.07) is 0. The molecule has 0 radical (unpaired) electrons. The number of hydrogen-bond donors (Lipinski definition) is 1. The molecule has 3 aliphatic carbocycles. The van der Waals surface area contributed by atoms with Gasteiger partial charge < -0.3 is 9.84 Å². The number of ether oxygens (including phenoxy) is 1. The molecule has 0 aromatic rings. The van der Waals surface area contributed by atoms with Crippen molar-refractivity contribution in [3.8, 4) is 0 Å². The van der Waals surface area contributed by atoms with Crippen LogP contribution in [0.25, 0.3) is 0 Å². The van der Waals surface area contributed by atoms with Crippen LogP contribution in [0.5, 0.6) is 0 Å². The minimum atomic E-state index is -0.674. The van der Waals surface area contributed by atoms with Gasteiger partial charge in [-0.05, 0) is 85.9 Å². The number of hydrogen-bond acceptors (Lipinski definition) is 2. The summed E-state index contributed by atoms with van der Waals surface area (Å²) in [6.07, 6.45) is 13.6. The molecule has 3 nitrogen and oxygen atoms in total. The van der Waals surface area contributed by atoms with Crippen molar-refractivity contribution in [3.05, 3.63) is 0 Å². The third kappa shape index (κ3) is 3.70. The number of aliphatic carboxylic acids is 1.